The number of nitrogens with one attached hydrogen (secondary N) is 1. The fourth-order valence-corrected chi connectivity index (χ4v) is 2.03. The van der Waals surface area contributed by atoms with E-state index >= 15 is 0 Å². The standard InChI is InChI=1S/C12H16F2N6O3/c1-18-9-8(10(22)19(2)11(18)23)20(6-17-9)3-7(21)16-5-12(13,14)4-15/h6H,3-5,15H2,1-2H3,(H,16,21). The Labute approximate surface area is 128 Å². The molecule has 0 aliphatic heterocycles. The highest BCUT2D eigenvalue weighted by atomic mass is 19.3. The molecule has 0 fully saturated rings. The molecular weight excluding hydrogens is 314 g/mol. The Bertz CT molecular complexity index is 866. The van der Waals surface area contributed by atoms with Crippen LogP contribution in [0.25, 0.3) is 11.2 Å². The minimum absolute atomic E-state index is 0.0373. The summed E-state index contributed by atoms with van der Waals surface area (Å²) >= 11 is 0. The van der Waals surface area contributed by atoms with Gasteiger partial charge >= 0.3 is 5.69 Å². The molecule has 2 heterocycles. The van der Waals surface area contributed by atoms with Gasteiger partial charge in [-0.2, -0.15) is 0 Å². The van der Waals surface area contributed by atoms with Crippen LogP contribution in [0.3, 0.4) is 0 Å². The first-order valence-electron chi connectivity index (χ1n) is 6.63. The first kappa shape index (κ1) is 16.8. The topological polar surface area (TPSA) is 117 Å². The summed E-state index contributed by atoms with van der Waals surface area (Å²) < 4.78 is 29.3. The second kappa shape index (κ2) is 5.91. The van der Waals surface area contributed by atoms with Crippen molar-refractivity contribution in [1.82, 2.24) is 24.0 Å². The number of halogens is 2. The molecular formula is C12H16F2N6O3. The van der Waals surface area contributed by atoms with Gasteiger partial charge in [0.15, 0.2) is 11.2 Å². The highest BCUT2D eigenvalue weighted by molar-refractivity contribution is 5.78. The van der Waals surface area contributed by atoms with E-state index in [1.807, 2.05) is 5.32 Å². The van der Waals surface area contributed by atoms with Gasteiger partial charge in [-0.15, -0.1) is 0 Å². The Morgan fingerprint density at radius 2 is 2.00 bits per heavy atom. The van der Waals surface area contributed by atoms with Gasteiger partial charge in [0.1, 0.15) is 6.54 Å². The van der Waals surface area contributed by atoms with Crippen LogP contribution in [0.1, 0.15) is 0 Å². The van der Waals surface area contributed by atoms with Crippen LogP contribution in [0.5, 0.6) is 0 Å². The summed E-state index contributed by atoms with van der Waals surface area (Å²) in [5.74, 6) is -3.93. The average Bonchev–Trinajstić information content (AvgIpc) is 2.92. The number of hydrogen-bond donors (Lipinski definition) is 2. The molecule has 0 aliphatic rings. The summed E-state index contributed by atoms with van der Waals surface area (Å²) in [4.78, 5) is 39.6. The number of fused-ring (bicyclic) bond motifs is 1. The fraction of sp³-hybridized carbons (Fsp3) is 0.500. The van der Waals surface area contributed by atoms with Gasteiger partial charge in [0.2, 0.25) is 5.91 Å². The maximum Gasteiger partial charge on any atom is 0.332 e. The Balaban J connectivity index is 2.30. The predicted molar refractivity (Wildman–Crippen MR) is 77.2 cm³/mol. The van der Waals surface area contributed by atoms with Crippen molar-refractivity contribution >= 4 is 17.1 Å². The minimum Gasteiger partial charge on any atom is -0.348 e. The van der Waals surface area contributed by atoms with E-state index in [1.54, 1.807) is 0 Å². The molecule has 1 amide bonds. The van der Waals surface area contributed by atoms with Crippen molar-refractivity contribution in [3.05, 3.63) is 27.2 Å². The monoisotopic (exact) mass is 330 g/mol. The van der Waals surface area contributed by atoms with E-state index in [4.69, 9.17) is 5.73 Å². The molecule has 2 aromatic rings. The highest BCUT2D eigenvalue weighted by Crippen LogP contribution is 2.09. The second-order valence-electron chi connectivity index (χ2n) is 5.09. The number of hydrogen-bond acceptors (Lipinski definition) is 5. The van der Waals surface area contributed by atoms with E-state index in [9.17, 15) is 23.2 Å². The van der Waals surface area contributed by atoms with Crippen LogP contribution in [0.15, 0.2) is 15.9 Å². The van der Waals surface area contributed by atoms with Gasteiger partial charge in [-0.3, -0.25) is 18.7 Å². The van der Waals surface area contributed by atoms with Gasteiger partial charge in [-0.1, -0.05) is 0 Å². The van der Waals surface area contributed by atoms with E-state index < -0.39 is 36.2 Å². The van der Waals surface area contributed by atoms with Crippen LogP contribution in [-0.2, 0) is 25.4 Å². The number of nitrogens with two attached hydrogens (primary N) is 1. The van der Waals surface area contributed by atoms with Crippen molar-refractivity contribution in [3.8, 4) is 0 Å². The molecule has 0 saturated carbocycles. The molecule has 0 aliphatic carbocycles. The minimum atomic E-state index is -3.20. The number of aryl methyl sites for hydroxylation is 1. The van der Waals surface area contributed by atoms with Crippen molar-refractivity contribution < 1.29 is 13.6 Å². The fourth-order valence-electron chi connectivity index (χ4n) is 2.03. The van der Waals surface area contributed by atoms with Gasteiger partial charge in [0.05, 0.1) is 19.4 Å². The number of rotatable bonds is 5. The number of nitrogens with zero attached hydrogens (tertiary/aromatic N) is 4. The molecule has 126 valence electrons. The van der Waals surface area contributed by atoms with Crippen LogP contribution < -0.4 is 22.3 Å². The Morgan fingerprint density at radius 3 is 2.61 bits per heavy atom. The largest absolute Gasteiger partial charge is 0.348 e. The first-order chi connectivity index (χ1) is 10.7. The summed E-state index contributed by atoms with van der Waals surface area (Å²) in [6.07, 6.45) is 1.20. The maximum absolute atomic E-state index is 13.0. The Kier molecular flexibility index (Phi) is 4.32. The molecule has 0 radical (unpaired) electrons. The molecule has 2 aromatic heterocycles. The summed E-state index contributed by atoms with van der Waals surface area (Å²) in [5, 5.41) is 2.04. The van der Waals surface area contributed by atoms with Gasteiger partial charge in [0.25, 0.3) is 11.5 Å². The first-order valence-corrected chi connectivity index (χ1v) is 6.63. The third kappa shape index (κ3) is 3.13. The van der Waals surface area contributed by atoms with Crippen LogP contribution in [0, 0.1) is 0 Å². The van der Waals surface area contributed by atoms with Crippen molar-refractivity contribution in [2.45, 2.75) is 12.5 Å². The SMILES string of the molecule is Cn1c(=O)c2c(ncn2CC(=O)NCC(F)(F)CN)n(C)c1=O. The number of carbonyl (C=O) groups is 1. The van der Waals surface area contributed by atoms with E-state index in [0.29, 0.717) is 0 Å². The van der Waals surface area contributed by atoms with E-state index in [-0.39, 0.29) is 17.7 Å². The number of amides is 1. The Hall–Kier alpha value is -2.56. The van der Waals surface area contributed by atoms with Crippen LogP contribution >= 0.6 is 0 Å². The summed E-state index contributed by atoms with van der Waals surface area (Å²) in [7, 11) is 2.73. The lowest BCUT2D eigenvalue weighted by Crippen LogP contribution is -2.42. The molecule has 0 atom stereocenters. The lowest BCUT2D eigenvalue weighted by atomic mass is 10.3. The molecule has 23 heavy (non-hydrogen) atoms. The zero-order chi connectivity index (χ0) is 17.4. The smallest absolute Gasteiger partial charge is 0.332 e. The van der Waals surface area contributed by atoms with Crippen LogP contribution in [0.4, 0.5) is 8.78 Å². The lowest BCUT2D eigenvalue weighted by molar-refractivity contribution is -0.123. The molecule has 0 spiro atoms. The van der Waals surface area contributed by atoms with E-state index in [1.165, 1.54) is 25.0 Å². The molecule has 0 saturated heterocycles. The molecule has 0 aromatic carbocycles. The normalized spacial score (nSPS) is 11.9. The Morgan fingerprint density at radius 1 is 1.35 bits per heavy atom. The van der Waals surface area contributed by atoms with Crippen molar-refractivity contribution in [2.75, 3.05) is 13.1 Å². The van der Waals surface area contributed by atoms with Gasteiger partial charge in [-0.05, 0) is 0 Å². The number of imidazole rings is 1. The molecule has 0 bridgehead atoms. The maximum atomic E-state index is 13.0. The summed E-state index contributed by atoms with van der Waals surface area (Å²) in [6.45, 7) is -2.17. The lowest BCUT2D eigenvalue weighted by Gasteiger charge is -2.14. The van der Waals surface area contributed by atoms with Gasteiger partial charge in [-0.25, -0.2) is 18.6 Å². The van der Waals surface area contributed by atoms with Crippen LogP contribution in [-0.4, -0.2) is 43.6 Å². The molecule has 3 N–H and O–H groups in total. The number of alkyl halides is 2. The van der Waals surface area contributed by atoms with Crippen LogP contribution in [0.2, 0.25) is 0 Å². The molecule has 11 heteroatoms. The molecule has 9 nitrogen and oxygen atoms in total. The molecule has 0 unspecified atom stereocenters. The zero-order valence-electron chi connectivity index (χ0n) is 12.5. The summed E-state index contributed by atoms with van der Waals surface area (Å²) in [6, 6.07) is 0. The van der Waals surface area contributed by atoms with Crippen molar-refractivity contribution in [1.29, 1.82) is 0 Å². The summed E-state index contributed by atoms with van der Waals surface area (Å²) in [5.41, 5.74) is 3.84. The predicted octanol–water partition coefficient (Wildman–Crippen LogP) is -1.86. The number of carbonyl (C=O) groups excluding carboxylic acids is 1. The van der Waals surface area contributed by atoms with E-state index in [0.717, 1.165) is 9.13 Å². The second-order valence-corrected chi connectivity index (χ2v) is 5.09. The van der Waals surface area contributed by atoms with Gasteiger partial charge < -0.3 is 15.6 Å². The van der Waals surface area contributed by atoms with Gasteiger partial charge in [0, 0.05) is 14.1 Å². The third-order valence-electron chi connectivity index (χ3n) is 3.37. The highest BCUT2D eigenvalue weighted by Gasteiger charge is 2.27. The number of aromatic nitrogens is 4. The van der Waals surface area contributed by atoms with Crippen molar-refractivity contribution in [3.63, 3.8) is 0 Å². The van der Waals surface area contributed by atoms with Crippen molar-refractivity contribution in [2.24, 2.45) is 19.8 Å². The average molecular weight is 330 g/mol. The van der Waals surface area contributed by atoms with E-state index in [2.05, 4.69) is 4.98 Å². The molecule has 2 rings (SSSR count). The quantitative estimate of drug-likeness (QED) is 0.667. The zero-order valence-corrected chi connectivity index (χ0v) is 12.5. The third-order valence-corrected chi connectivity index (χ3v) is 3.37.